The summed E-state index contributed by atoms with van der Waals surface area (Å²) in [6.07, 6.45) is 6.04. The van der Waals surface area contributed by atoms with Gasteiger partial charge in [-0.2, -0.15) is 5.10 Å². The summed E-state index contributed by atoms with van der Waals surface area (Å²) in [5, 5.41) is 8.10. The van der Waals surface area contributed by atoms with E-state index in [1.165, 1.54) is 5.56 Å². The maximum absolute atomic E-state index is 12.0. The van der Waals surface area contributed by atoms with Crippen LogP contribution in [0.25, 0.3) is 0 Å². The van der Waals surface area contributed by atoms with Crippen molar-refractivity contribution in [3.63, 3.8) is 0 Å². The van der Waals surface area contributed by atoms with Gasteiger partial charge in [0.1, 0.15) is 0 Å². The number of nitrogens with zero attached hydrogens (tertiary/aromatic N) is 1. The molecule has 174 valence electrons. The standard InChI is InChI=1S/C27H33N3O3/c1-16(2)14-25(31)30-29-17(3)18-12-13-23-22(15-18)19-8-6-9-20(19)26(28-23)21-10-7-11-24(32-4)27(21)33-5/h6-8,10-13,15-16,19-20,26,28H,9,14H2,1-5H3,(H,30,31)/b29-17-/t19-,20+,26-/m1/s1. The molecule has 0 radical (unpaired) electrons. The average molecular weight is 448 g/mol. The molecular weight excluding hydrogens is 414 g/mol. The number of hydrazone groups is 1. The molecule has 2 aliphatic rings. The van der Waals surface area contributed by atoms with Crippen LogP contribution >= 0.6 is 0 Å². The summed E-state index contributed by atoms with van der Waals surface area (Å²) in [7, 11) is 3.36. The SMILES string of the molecule is COc1cccc([C@@H]2Nc3ccc(/C(C)=N\NC(=O)CC(C)C)cc3[C@@H]3C=CC[C@@H]32)c1OC. The molecule has 0 fully saturated rings. The molecule has 0 spiro atoms. The van der Waals surface area contributed by atoms with E-state index in [2.05, 4.69) is 52.3 Å². The second-order valence-corrected chi connectivity index (χ2v) is 9.19. The number of anilines is 1. The molecule has 3 atom stereocenters. The maximum Gasteiger partial charge on any atom is 0.240 e. The van der Waals surface area contributed by atoms with Gasteiger partial charge in [-0.15, -0.1) is 0 Å². The summed E-state index contributed by atoms with van der Waals surface area (Å²) in [6, 6.07) is 12.5. The lowest BCUT2D eigenvalue weighted by Crippen LogP contribution is -2.29. The number of ether oxygens (including phenoxy) is 2. The summed E-state index contributed by atoms with van der Waals surface area (Å²) in [5.74, 6) is 2.44. The van der Waals surface area contributed by atoms with E-state index in [0.717, 1.165) is 40.4 Å². The van der Waals surface area contributed by atoms with Crippen LogP contribution in [0.2, 0.25) is 0 Å². The summed E-state index contributed by atoms with van der Waals surface area (Å²) in [6.45, 7) is 5.97. The van der Waals surface area contributed by atoms with Crippen LogP contribution in [0, 0.1) is 11.8 Å². The summed E-state index contributed by atoms with van der Waals surface area (Å²) >= 11 is 0. The van der Waals surface area contributed by atoms with Gasteiger partial charge in [0, 0.05) is 23.6 Å². The van der Waals surface area contributed by atoms with E-state index in [1.54, 1.807) is 14.2 Å². The molecule has 0 aromatic heterocycles. The average Bonchev–Trinajstić information content (AvgIpc) is 3.31. The highest BCUT2D eigenvalue weighted by Crippen LogP contribution is 2.52. The van der Waals surface area contributed by atoms with E-state index >= 15 is 0 Å². The van der Waals surface area contributed by atoms with E-state index in [0.29, 0.717) is 24.2 Å². The third kappa shape index (κ3) is 4.61. The molecule has 2 aromatic rings. The molecule has 0 unspecified atom stereocenters. The minimum absolute atomic E-state index is 0.0576. The van der Waals surface area contributed by atoms with Crippen molar-refractivity contribution in [3.05, 3.63) is 65.2 Å². The number of nitrogens with one attached hydrogen (secondary N) is 2. The number of hydrogen-bond acceptors (Lipinski definition) is 5. The molecule has 1 aliphatic carbocycles. The zero-order valence-electron chi connectivity index (χ0n) is 20.0. The van der Waals surface area contributed by atoms with Gasteiger partial charge in [-0.05, 0) is 54.5 Å². The van der Waals surface area contributed by atoms with Gasteiger partial charge in [-0.3, -0.25) is 4.79 Å². The molecule has 0 bridgehead atoms. The first kappa shape index (κ1) is 22.9. The minimum atomic E-state index is -0.0576. The topological polar surface area (TPSA) is 72.0 Å². The van der Waals surface area contributed by atoms with E-state index < -0.39 is 0 Å². The van der Waals surface area contributed by atoms with Crippen molar-refractivity contribution in [1.82, 2.24) is 5.43 Å². The quantitative estimate of drug-likeness (QED) is 0.338. The highest BCUT2D eigenvalue weighted by Gasteiger charge is 2.39. The molecule has 2 N–H and O–H groups in total. The predicted molar refractivity (Wildman–Crippen MR) is 132 cm³/mol. The molecule has 0 saturated heterocycles. The number of amides is 1. The summed E-state index contributed by atoms with van der Waals surface area (Å²) in [5.41, 5.74) is 7.97. The number of para-hydroxylation sites is 1. The van der Waals surface area contributed by atoms with Crippen LogP contribution in [0.1, 0.15) is 62.3 Å². The second kappa shape index (κ2) is 9.69. The number of fused-ring (bicyclic) bond motifs is 3. The second-order valence-electron chi connectivity index (χ2n) is 9.19. The molecule has 1 heterocycles. The molecule has 4 rings (SSSR count). The van der Waals surface area contributed by atoms with Crippen molar-refractivity contribution in [2.24, 2.45) is 16.9 Å². The Kier molecular flexibility index (Phi) is 6.72. The fraction of sp³-hybridized carbons (Fsp3) is 0.407. The van der Waals surface area contributed by atoms with Crippen LogP contribution < -0.4 is 20.2 Å². The third-order valence-electron chi connectivity index (χ3n) is 6.49. The van der Waals surface area contributed by atoms with E-state index in [1.807, 2.05) is 32.9 Å². The number of carbonyl (C=O) groups is 1. The van der Waals surface area contributed by atoms with Crippen molar-refractivity contribution in [2.75, 3.05) is 19.5 Å². The molecular formula is C27H33N3O3. The van der Waals surface area contributed by atoms with E-state index in [9.17, 15) is 4.79 Å². The number of allylic oxidation sites excluding steroid dienone is 2. The Labute approximate surface area is 196 Å². The third-order valence-corrected chi connectivity index (χ3v) is 6.49. The van der Waals surface area contributed by atoms with Crippen LogP contribution in [0.5, 0.6) is 11.5 Å². The van der Waals surface area contributed by atoms with Gasteiger partial charge < -0.3 is 14.8 Å². The monoisotopic (exact) mass is 447 g/mol. The fourth-order valence-corrected chi connectivity index (χ4v) is 4.91. The Morgan fingerprint density at radius 1 is 1.18 bits per heavy atom. The van der Waals surface area contributed by atoms with Gasteiger partial charge in [0.15, 0.2) is 11.5 Å². The van der Waals surface area contributed by atoms with Crippen molar-refractivity contribution < 1.29 is 14.3 Å². The zero-order chi connectivity index (χ0) is 23.5. The van der Waals surface area contributed by atoms with Crippen molar-refractivity contribution >= 4 is 17.3 Å². The first-order valence-corrected chi connectivity index (χ1v) is 11.5. The first-order chi connectivity index (χ1) is 15.9. The van der Waals surface area contributed by atoms with Gasteiger partial charge >= 0.3 is 0 Å². The van der Waals surface area contributed by atoms with Crippen LogP contribution in [0.15, 0.2) is 53.7 Å². The lowest BCUT2D eigenvalue weighted by molar-refractivity contribution is -0.121. The lowest BCUT2D eigenvalue weighted by Gasteiger charge is -2.38. The summed E-state index contributed by atoms with van der Waals surface area (Å²) in [4.78, 5) is 12.0. The number of benzene rings is 2. The van der Waals surface area contributed by atoms with Crippen LogP contribution in [0.3, 0.4) is 0 Å². The van der Waals surface area contributed by atoms with E-state index in [4.69, 9.17) is 9.47 Å². The minimum Gasteiger partial charge on any atom is -0.493 e. The Balaban J connectivity index is 1.64. The Hall–Kier alpha value is -3.28. The molecule has 1 aliphatic heterocycles. The molecule has 0 saturated carbocycles. The van der Waals surface area contributed by atoms with Gasteiger partial charge in [-0.25, -0.2) is 5.43 Å². The molecule has 1 amide bonds. The Bertz CT molecular complexity index is 1090. The number of carbonyl (C=O) groups excluding carboxylic acids is 1. The normalized spacial score (nSPS) is 21.3. The smallest absolute Gasteiger partial charge is 0.240 e. The van der Waals surface area contributed by atoms with Gasteiger partial charge in [0.25, 0.3) is 0 Å². The van der Waals surface area contributed by atoms with Crippen LogP contribution in [0.4, 0.5) is 5.69 Å². The zero-order valence-corrected chi connectivity index (χ0v) is 20.0. The van der Waals surface area contributed by atoms with Gasteiger partial charge in [0.2, 0.25) is 5.91 Å². The molecule has 6 heteroatoms. The maximum atomic E-state index is 12.0. The summed E-state index contributed by atoms with van der Waals surface area (Å²) < 4.78 is 11.3. The lowest BCUT2D eigenvalue weighted by atomic mass is 9.76. The number of rotatable bonds is 7. The predicted octanol–water partition coefficient (Wildman–Crippen LogP) is 5.42. The fourth-order valence-electron chi connectivity index (χ4n) is 4.91. The van der Waals surface area contributed by atoms with Crippen LogP contribution in [-0.4, -0.2) is 25.8 Å². The van der Waals surface area contributed by atoms with Crippen molar-refractivity contribution in [2.45, 2.75) is 45.6 Å². The molecule has 33 heavy (non-hydrogen) atoms. The van der Waals surface area contributed by atoms with Gasteiger partial charge in [0.05, 0.1) is 26.0 Å². The van der Waals surface area contributed by atoms with Gasteiger partial charge in [-0.1, -0.05) is 44.2 Å². The van der Waals surface area contributed by atoms with Crippen LogP contribution in [-0.2, 0) is 4.79 Å². The molecule has 2 aromatic carbocycles. The van der Waals surface area contributed by atoms with E-state index in [-0.39, 0.29) is 11.9 Å². The van der Waals surface area contributed by atoms with Crippen molar-refractivity contribution in [1.29, 1.82) is 0 Å². The highest BCUT2D eigenvalue weighted by atomic mass is 16.5. The number of methoxy groups -OCH3 is 2. The Morgan fingerprint density at radius 2 is 2.00 bits per heavy atom. The van der Waals surface area contributed by atoms with Crippen molar-refractivity contribution in [3.8, 4) is 11.5 Å². The molecule has 6 nitrogen and oxygen atoms in total. The Morgan fingerprint density at radius 3 is 2.73 bits per heavy atom. The largest absolute Gasteiger partial charge is 0.493 e. The first-order valence-electron chi connectivity index (χ1n) is 11.5. The highest BCUT2D eigenvalue weighted by molar-refractivity contribution is 6.00. The number of hydrogen-bond donors (Lipinski definition) is 2.